The Morgan fingerprint density at radius 2 is 2.06 bits per heavy atom. The van der Waals surface area contributed by atoms with Crippen LogP contribution in [0.4, 0.5) is 0 Å². The number of hydrogen-bond donors (Lipinski definition) is 2. The quantitative estimate of drug-likeness (QED) is 0.645. The van der Waals surface area contributed by atoms with Gasteiger partial charge in [-0.05, 0) is 12.2 Å². The summed E-state index contributed by atoms with van der Waals surface area (Å²) in [5, 5.41) is 9.13. The summed E-state index contributed by atoms with van der Waals surface area (Å²) >= 11 is 6.29. The van der Waals surface area contributed by atoms with Crippen LogP contribution in [0.25, 0.3) is 16.3 Å². The molecule has 2 N–H and O–H groups in total. The van der Waals surface area contributed by atoms with Crippen LogP contribution in [0.2, 0.25) is 0 Å². The molecule has 3 aromatic heterocycles. The number of aromatic nitrogens is 5. The van der Waals surface area contributed by atoms with E-state index < -0.39 is 0 Å². The molecule has 0 aliphatic carbocycles. The molecule has 0 aromatic carbocycles. The molecular weight excluding hydrogens is 274 g/mol. The number of fused-ring (bicyclic) bond motifs is 1. The van der Waals surface area contributed by atoms with E-state index >= 15 is 0 Å². The topological polar surface area (TPSA) is 96.7 Å². The molecule has 0 amide bonds. The first-order chi connectivity index (χ1) is 8.66. The standard InChI is InChI=1S/C9H5N5O2S2/c15-4-1-10-8(11-2-4)14-7(16)5-6(12-3-18-5)13-9(14)17/h1-3,15H,(H,13,17). The predicted molar refractivity (Wildman–Crippen MR) is 67.7 cm³/mol. The van der Waals surface area contributed by atoms with Gasteiger partial charge < -0.3 is 10.1 Å². The molecule has 0 aliphatic rings. The number of thiazole rings is 1. The Morgan fingerprint density at radius 3 is 2.78 bits per heavy atom. The van der Waals surface area contributed by atoms with Crippen molar-refractivity contribution in [2.24, 2.45) is 0 Å². The Morgan fingerprint density at radius 1 is 1.33 bits per heavy atom. The first kappa shape index (κ1) is 11.0. The number of aromatic amines is 1. The van der Waals surface area contributed by atoms with Crippen molar-refractivity contribution < 1.29 is 5.11 Å². The largest absolute Gasteiger partial charge is 0.505 e. The third kappa shape index (κ3) is 1.60. The van der Waals surface area contributed by atoms with Crippen molar-refractivity contribution in [3.8, 4) is 11.7 Å². The van der Waals surface area contributed by atoms with Crippen molar-refractivity contribution in [3.05, 3.63) is 33.0 Å². The van der Waals surface area contributed by atoms with Gasteiger partial charge in [-0.3, -0.25) is 4.79 Å². The SMILES string of the molecule is O=c1c2scnc2[nH]c(=S)n1-c1ncc(O)cn1. The first-order valence-electron chi connectivity index (χ1n) is 4.77. The molecule has 0 radical (unpaired) electrons. The zero-order valence-electron chi connectivity index (χ0n) is 8.69. The summed E-state index contributed by atoms with van der Waals surface area (Å²) in [6, 6.07) is 0. The Labute approximate surface area is 108 Å². The van der Waals surface area contributed by atoms with Gasteiger partial charge in [-0.15, -0.1) is 11.3 Å². The fourth-order valence-corrected chi connectivity index (χ4v) is 2.38. The van der Waals surface area contributed by atoms with Crippen molar-refractivity contribution >= 4 is 33.9 Å². The molecular formula is C9H5N5O2S2. The van der Waals surface area contributed by atoms with Crippen LogP contribution in [-0.2, 0) is 0 Å². The molecule has 0 unspecified atom stereocenters. The number of aromatic hydroxyl groups is 1. The monoisotopic (exact) mass is 279 g/mol. The zero-order valence-corrected chi connectivity index (χ0v) is 10.3. The molecule has 9 heteroatoms. The molecule has 0 fully saturated rings. The van der Waals surface area contributed by atoms with Crippen LogP contribution in [0.1, 0.15) is 0 Å². The normalized spacial score (nSPS) is 10.9. The molecule has 18 heavy (non-hydrogen) atoms. The van der Waals surface area contributed by atoms with E-state index in [0.29, 0.717) is 10.3 Å². The Balaban J connectivity index is 2.38. The van der Waals surface area contributed by atoms with Gasteiger partial charge in [0.25, 0.3) is 5.56 Å². The molecule has 3 rings (SSSR count). The Hall–Kier alpha value is -2.13. The molecule has 0 bridgehead atoms. The highest BCUT2D eigenvalue weighted by molar-refractivity contribution is 7.71. The van der Waals surface area contributed by atoms with Crippen LogP contribution in [0, 0.1) is 4.77 Å². The summed E-state index contributed by atoms with van der Waals surface area (Å²) in [5.74, 6) is 0.0231. The highest BCUT2D eigenvalue weighted by atomic mass is 32.1. The van der Waals surface area contributed by atoms with E-state index in [4.69, 9.17) is 17.3 Å². The minimum Gasteiger partial charge on any atom is -0.505 e. The molecule has 3 heterocycles. The van der Waals surface area contributed by atoms with Gasteiger partial charge in [0.2, 0.25) is 5.95 Å². The molecule has 0 spiro atoms. The van der Waals surface area contributed by atoms with Crippen LogP contribution >= 0.6 is 23.6 Å². The van der Waals surface area contributed by atoms with E-state index in [9.17, 15) is 4.79 Å². The van der Waals surface area contributed by atoms with Gasteiger partial charge in [0.05, 0.1) is 17.9 Å². The van der Waals surface area contributed by atoms with Gasteiger partial charge in [0.15, 0.2) is 16.2 Å². The summed E-state index contributed by atoms with van der Waals surface area (Å²) in [6.45, 7) is 0. The second kappa shape index (κ2) is 3.96. The first-order valence-corrected chi connectivity index (χ1v) is 6.05. The average molecular weight is 279 g/mol. The lowest BCUT2D eigenvalue weighted by molar-refractivity contribution is 0.469. The van der Waals surface area contributed by atoms with Gasteiger partial charge >= 0.3 is 0 Å². The molecule has 90 valence electrons. The number of H-pyrrole nitrogens is 1. The van der Waals surface area contributed by atoms with E-state index in [1.165, 1.54) is 23.7 Å². The van der Waals surface area contributed by atoms with Crippen molar-refractivity contribution in [3.63, 3.8) is 0 Å². The predicted octanol–water partition coefficient (Wildman–Crippen LogP) is 1.00. The Bertz CT molecular complexity index is 833. The van der Waals surface area contributed by atoms with Gasteiger partial charge in [0, 0.05) is 0 Å². The smallest absolute Gasteiger partial charge is 0.281 e. The van der Waals surface area contributed by atoms with Crippen LogP contribution < -0.4 is 5.56 Å². The van der Waals surface area contributed by atoms with E-state index in [-0.39, 0.29) is 22.0 Å². The average Bonchev–Trinajstić information content (AvgIpc) is 2.80. The molecule has 3 aromatic rings. The van der Waals surface area contributed by atoms with Crippen molar-refractivity contribution in [2.45, 2.75) is 0 Å². The second-order valence-electron chi connectivity index (χ2n) is 3.34. The maximum atomic E-state index is 12.2. The lowest BCUT2D eigenvalue weighted by Gasteiger charge is -2.03. The minimum atomic E-state index is -0.332. The van der Waals surface area contributed by atoms with Gasteiger partial charge in [0.1, 0.15) is 4.70 Å². The van der Waals surface area contributed by atoms with Gasteiger partial charge in [-0.2, -0.15) is 0 Å². The van der Waals surface area contributed by atoms with Crippen LogP contribution in [0.3, 0.4) is 0 Å². The van der Waals surface area contributed by atoms with Crippen LogP contribution in [0.5, 0.6) is 5.75 Å². The molecule has 0 atom stereocenters. The highest BCUT2D eigenvalue weighted by Crippen LogP contribution is 2.12. The highest BCUT2D eigenvalue weighted by Gasteiger charge is 2.11. The third-order valence-corrected chi connectivity index (χ3v) is 3.32. The fraction of sp³-hybridized carbons (Fsp3) is 0. The maximum absolute atomic E-state index is 12.2. The van der Waals surface area contributed by atoms with Crippen molar-refractivity contribution in [1.29, 1.82) is 0 Å². The van der Waals surface area contributed by atoms with E-state index in [1.807, 2.05) is 0 Å². The number of nitrogens with zero attached hydrogens (tertiary/aromatic N) is 4. The summed E-state index contributed by atoms with van der Waals surface area (Å²) in [4.78, 5) is 26.7. The lowest BCUT2D eigenvalue weighted by Crippen LogP contribution is -2.21. The summed E-state index contributed by atoms with van der Waals surface area (Å²) in [5.41, 5.74) is 1.67. The zero-order chi connectivity index (χ0) is 12.7. The summed E-state index contributed by atoms with van der Waals surface area (Å²) < 4.78 is 1.76. The molecule has 7 nitrogen and oxygen atoms in total. The van der Waals surface area contributed by atoms with E-state index in [2.05, 4.69) is 19.9 Å². The second-order valence-corrected chi connectivity index (χ2v) is 4.58. The fourth-order valence-electron chi connectivity index (χ4n) is 1.45. The third-order valence-electron chi connectivity index (χ3n) is 2.22. The summed E-state index contributed by atoms with van der Waals surface area (Å²) in [7, 11) is 0. The Kier molecular flexibility index (Phi) is 2.42. The lowest BCUT2D eigenvalue weighted by atomic mass is 10.5. The summed E-state index contributed by atoms with van der Waals surface area (Å²) in [6.07, 6.45) is 2.39. The van der Waals surface area contributed by atoms with Crippen LogP contribution in [0.15, 0.2) is 22.7 Å². The maximum Gasteiger partial charge on any atom is 0.281 e. The number of rotatable bonds is 1. The molecule has 0 aliphatic heterocycles. The van der Waals surface area contributed by atoms with E-state index in [0.717, 1.165) is 4.57 Å². The number of nitrogens with one attached hydrogen (secondary N) is 1. The van der Waals surface area contributed by atoms with Gasteiger partial charge in [-0.25, -0.2) is 19.5 Å². The molecule has 0 saturated carbocycles. The minimum absolute atomic E-state index is 0.0828. The van der Waals surface area contributed by atoms with Crippen LogP contribution in [-0.4, -0.2) is 29.6 Å². The van der Waals surface area contributed by atoms with E-state index in [1.54, 1.807) is 5.51 Å². The van der Waals surface area contributed by atoms with Gasteiger partial charge in [-0.1, -0.05) is 0 Å². The molecule has 0 saturated heterocycles. The number of hydrogen-bond acceptors (Lipinski definition) is 7. The van der Waals surface area contributed by atoms with Crippen molar-refractivity contribution in [1.82, 2.24) is 24.5 Å². The van der Waals surface area contributed by atoms with Crippen molar-refractivity contribution in [2.75, 3.05) is 0 Å².